The van der Waals surface area contributed by atoms with Crippen LogP contribution in [0.4, 0.5) is 5.69 Å². The van der Waals surface area contributed by atoms with E-state index in [1.807, 2.05) is 41.3 Å². The normalized spacial score (nSPS) is 10.2. The van der Waals surface area contributed by atoms with Crippen molar-refractivity contribution in [2.45, 2.75) is 6.54 Å². The van der Waals surface area contributed by atoms with Gasteiger partial charge in [0.1, 0.15) is 5.69 Å². The first-order valence-corrected chi connectivity index (χ1v) is 6.82. The summed E-state index contributed by atoms with van der Waals surface area (Å²) in [7, 11) is 1.58. The SMILES string of the molecule is CNC(=O)c1cc(N(CCO)Cc2ccccc2)ccn1. The molecule has 2 aromatic rings. The molecule has 1 amide bonds. The summed E-state index contributed by atoms with van der Waals surface area (Å²) in [5.41, 5.74) is 2.37. The van der Waals surface area contributed by atoms with Gasteiger partial charge in [0, 0.05) is 32.0 Å². The lowest BCUT2D eigenvalue weighted by molar-refractivity contribution is 0.0958. The highest BCUT2D eigenvalue weighted by Gasteiger charge is 2.11. The first-order valence-electron chi connectivity index (χ1n) is 6.82. The van der Waals surface area contributed by atoms with Gasteiger partial charge in [-0.25, -0.2) is 0 Å². The molecule has 1 heterocycles. The minimum Gasteiger partial charge on any atom is -0.395 e. The van der Waals surface area contributed by atoms with E-state index in [-0.39, 0.29) is 12.5 Å². The van der Waals surface area contributed by atoms with Crippen molar-refractivity contribution in [2.24, 2.45) is 0 Å². The number of hydrogen-bond acceptors (Lipinski definition) is 4. The fourth-order valence-electron chi connectivity index (χ4n) is 2.09. The van der Waals surface area contributed by atoms with Crippen molar-refractivity contribution in [2.75, 3.05) is 25.1 Å². The molecule has 0 bridgehead atoms. The minimum absolute atomic E-state index is 0.0461. The highest BCUT2D eigenvalue weighted by atomic mass is 16.3. The van der Waals surface area contributed by atoms with Crippen LogP contribution in [0.15, 0.2) is 48.7 Å². The molecule has 0 unspecified atom stereocenters. The lowest BCUT2D eigenvalue weighted by atomic mass is 10.2. The van der Waals surface area contributed by atoms with Gasteiger partial charge in [-0.3, -0.25) is 9.78 Å². The van der Waals surface area contributed by atoms with Gasteiger partial charge in [0.05, 0.1) is 6.61 Å². The molecular weight excluding hydrogens is 266 g/mol. The van der Waals surface area contributed by atoms with Gasteiger partial charge in [0.25, 0.3) is 5.91 Å². The van der Waals surface area contributed by atoms with Gasteiger partial charge in [-0.2, -0.15) is 0 Å². The Morgan fingerprint density at radius 2 is 2.05 bits per heavy atom. The first kappa shape index (κ1) is 15.0. The summed E-state index contributed by atoms with van der Waals surface area (Å²) in [6.07, 6.45) is 1.61. The van der Waals surface area contributed by atoms with Gasteiger partial charge >= 0.3 is 0 Å². The average Bonchev–Trinajstić information content (AvgIpc) is 2.55. The molecule has 0 saturated heterocycles. The van der Waals surface area contributed by atoms with E-state index in [0.717, 1.165) is 11.3 Å². The number of aromatic nitrogens is 1. The maximum Gasteiger partial charge on any atom is 0.269 e. The molecule has 1 aromatic heterocycles. The number of anilines is 1. The Hall–Kier alpha value is -2.40. The summed E-state index contributed by atoms with van der Waals surface area (Å²) in [5.74, 6) is -0.222. The van der Waals surface area contributed by atoms with Gasteiger partial charge in [-0.15, -0.1) is 0 Å². The van der Waals surface area contributed by atoms with Gasteiger partial charge < -0.3 is 15.3 Å². The van der Waals surface area contributed by atoms with E-state index in [9.17, 15) is 9.90 Å². The third-order valence-corrected chi connectivity index (χ3v) is 3.15. The molecule has 5 heteroatoms. The lowest BCUT2D eigenvalue weighted by Gasteiger charge is -2.24. The van der Waals surface area contributed by atoms with Crippen LogP contribution in [-0.4, -0.2) is 36.2 Å². The van der Waals surface area contributed by atoms with E-state index < -0.39 is 0 Å². The molecule has 0 aliphatic carbocycles. The average molecular weight is 285 g/mol. The monoisotopic (exact) mass is 285 g/mol. The van der Waals surface area contributed by atoms with Crippen LogP contribution < -0.4 is 10.2 Å². The predicted octanol–water partition coefficient (Wildman–Crippen LogP) is 1.44. The molecule has 0 saturated carbocycles. The number of nitrogens with zero attached hydrogens (tertiary/aromatic N) is 2. The maximum absolute atomic E-state index is 11.7. The van der Waals surface area contributed by atoms with Crippen molar-refractivity contribution in [1.82, 2.24) is 10.3 Å². The van der Waals surface area contributed by atoms with Crippen LogP contribution in [0.5, 0.6) is 0 Å². The van der Waals surface area contributed by atoms with Gasteiger partial charge in [-0.05, 0) is 17.7 Å². The third-order valence-electron chi connectivity index (χ3n) is 3.15. The van der Waals surface area contributed by atoms with Gasteiger partial charge in [0.15, 0.2) is 0 Å². The number of pyridine rings is 1. The fourth-order valence-corrected chi connectivity index (χ4v) is 2.09. The summed E-state index contributed by atoms with van der Waals surface area (Å²) in [5, 5.41) is 11.8. The Morgan fingerprint density at radius 1 is 1.29 bits per heavy atom. The zero-order valence-corrected chi connectivity index (χ0v) is 12.0. The number of hydrogen-bond donors (Lipinski definition) is 2. The molecule has 110 valence electrons. The van der Waals surface area contributed by atoms with Crippen molar-refractivity contribution < 1.29 is 9.90 Å². The zero-order chi connectivity index (χ0) is 15.1. The number of aliphatic hydroxyl groups excluding tert-OH is 1. The van der Waals surface area contributed by atoms with Crippen LogP contribution in [0.1, 0.15) is 16.1 Å². The van der Waals surface area contributed by atoms with Crippen LogP contribution in [0.3, 0.4) is 0 Å². The predicted molar refractivity (Wildman–Crippen MR) is 82.2 cm³/mol. The summed E-state index contributed by atoms with van der Waals surface area (Å²) in [4.78, 5) is 17.7. The number of nitrogens with one attached hydrogen (secondary N) is 1. The van der Waals surface area contributed by atoms with Crippen molar-refractivity contribution >= 4 is 11.6 Å². The largest absolute Gasteiger partial charge is 0.395 e. The van der Waals surface area contributed by atoms with Crippen LogP contribution in [0.2, 0.25) is 0 Å². The lowest BCUT2D eigenvalue weighted by Crippen LogP contribution is -2.27. The summed E-state index contributed by atoms with van der Waals surface area (Å²) >= 11 is 0. The summed E-state index contributed by atoms with van der Waals surface area (Å²) in [6.45, 7) is 1.20. The number of carbonyl (C=O) groups is 1. The van der Waals surface area contributed by atoms with Crippen LogP contribution in [0, 0.1) is 0 Å². The molecule has 1 aromatic carbocycles. The highest BCUT2D eigenvalue weighted by molar-refractivity contribution is 5.92. The number of carbonyl (C=O) groups excluding carboxylic acids is 1. The molecule has 5 nitrogen and oxygen atoms in total. The second kappa shape index (κ2) is 7.40. The quantitative estimate of drug-likeness (QED) is 0.843. The Labute approximate surface area is 124 Å². The number of benzene rings is 1. The fraction of sp³-hybridized carbons (Fsp3) is 0.250. The second-order valence-corrected chi connectivity index (χ2v) is 4.61. The Bertz CT molecular complexity index is 587. The van der Waals surface area contributed by atoms with E-state index in [1.165, 1.54) is 0 Å². The van der Waals surface area contributed by atoms with E-state index in [0.29, 0.717) is 18.8 Å². The van der Waals surface area contributed by atoms with Crippen molar-refractivity contribution in [3.05, 3.63) is 59.9 Å². The van der Waals surface area contributed by atoms with Crippen molar-refractivity contribution in [3.63, 3.8) is 0 Å². The Morgan fingerprint density at radius 3 is 2.71 bits per heavy atom. The smallest absolute Gasteiger partial charge is 0.269 e. The minimum atomic E-state index is -0.222. The molecule has 0 fully saturated rings. The molecule has 2 N–H and O–H groups in total. The maximum atomic E-state index is 11.7. The molecule has 2 rings (SSSR count). The Kier molecular flexibility index (Phi) is 5.29. The highest BCUT2D eigenvalue weighted by Crippen LogP contribution is 2.17. The second-order valence-electron chi connectivity index (χ2n) is 4.61. The van der Waals surface area contributed by atoms with Crippen molar-refractivity contribution in [1.29, 1.82) is 0 Å². The Balaban J connectivity index is 2.23. The number of rotatable bonds is 6. The van der Waals surface area contributed by atoms with E-state index in [2.05, 4.69) is 10.3 Å². The number of aliphatic hydroxyl groups is 1. The molecule has 21 heavy (non-hydrogen) atoms. The van der Waals surface area contributed by atoms with Crippen LogP contribution in [0.25, 0.3) is 0 Å². The van der Waals surface area contributed by atoms with E-state index in [4.69, 9.17) is 0 Å². The molecule has 0 spiro atoms. The molecule has 0 aliphatic rings. The third kappa shape index (κ3) is 4.03. The van der Waals surface area contributed by atoms with Gasteiger partial charge in [0.2, 0.25) is 0 Å². The topological polar surface area (TPSA) is 65.5 Å². The van der Waals surface area contributed by atoms with Crippen molar-refractivity contribution in [3.8, 4) is 0 Å². The zero-order valence-electron chi connectivity index (χ0n) is 12.0. The first-order chi connectivity index (χ1) is 10.2. The van der Waals surface area contributed by atoms with E-state index >= 15 is 0 Å². The number of amides is 1. The molecular formula is C16H19N3O2. The van der Waals surface area contributed by atoms with Gasteiger partial charge in [-0.1, -0.05) is 30.3 Å². The standard InChI is InChI=1S/C16H19N3O2/c1-17-16(21)15-11-14(7-8-18-15)19(9-10-20)12-13-5-3-2-4-6-13/h2-8,11,20H,9-10,12H2,1H3,(H,17,21). The molecule has 0 aliphatic heterocycles. The van der Waals surface area contributed by atoms with Crippen LogP contribution >= 0.6 is 0 Å². The summed E-state index contributed by atoms with van der Waals surface area (Å²) in [6, 6.07) is 13.6. The van der Waals surface area contributed by atoms with E-state index in [1.54, 1.807) is 19.3 Å². The molecule has 0 atom stereocenters. The summed E-state index contributed by atoms with van der Waals surface area (Å²) < 4.78 is 0. The molecule has 0 radical (unpaired) electrons. The van der Waals surface area contributed by atoms with Crippen LogP contribution in [-0.2, 0) is 6.54 Å².